The first-order valence-electron chi connectivity index (χ1n) is 8.69. The maximum absolute atomic E-state index is 11.6. The fourth-order valence-electron chi connectivity index (χ4n) is 2.45. The second-order valence-corrected chi connectivity index (χ2v) is 9.03. The summed E-state index contributed by atoms with van der Waals surface area (Å²) in [5, 5.41) is 4.92. The second-order valence-electron chi connectivity index (χ2n) is 6.22. The minimum atomic E-state index is -4.91. The number of alkyl halides is 1. The molecule has 2 rings (SSSR count). The summed E-state index contributed by atoms with van der Waals surface area (Å²) in [6.07, 6.45) is 2.60. The lowest BCUT2D eigenvalue weighted by Crippen LogP contribution is -2.13. The highest BCUT2D eigenvalue weighted by Crippen LogP contribution is 2.30. The van der Waals surface area contributed by atoms with Crippen LogP contribution in [0.2, 0.25) is 0 Å². The molecule has 2 amide bonds. The lowest BCUT2D eigenvalue weighted by Gasteiger charge is -2.11. The van der Waals surface area contributed by atoms with E-state index < -0.39 is 26.7 Å². The molecule has 0 aliphatic carbocycles. The Morgan fingerprint density at radius 1 is 0.879 bits per heavy atom. The van der Waals surface area contributed by atoms with Gasteiger partial charge in [-0.25, -0.2) is 0 Å². The number of hydrogen-bond donors (Lipinski definition) is 4. The summed E-state index contributed by atoms with van der Waals surface area (Å²) in [4.78, 5) is 22.8. The molecule has 0 unspecified atom stereocenters. The van der Waals surface area contributed by atoms with Crippen LogP contribution in [0.3, 0.4) is 0 Å². The molecule has 12 nitrogen and oxygen atoms in total. The van der Waals surface area contributed by atoms with Gasteiger partial charge in [0.15, 0.2) is 11.5 Å². The van der Waals surface area contributed by atoms with Crippen LogP contribution in [0.4, 0.5) is 11.4 Å². The molecular formula is C18H17IN2O10S2. The maximum atomic E-state index is 11.6. The number of nitrogens with one attached hydrogen (secondary N) is 2. The SMILES string of the molecule is CC(=O)Nc1ccc(/C=C/c2ccc(NC(=O)CI)cc2OS(=O)(=O)O)c(OS(=O)(=O)O)c1. The van der Waals surface area contributed by atoms with Crippen molar-refractivity contribution in [3.05, 3.63) is 47.5 Å². The predicted octanol–water partition coefficient (Wildman–Crippen LogP) is 2.55. The number of halogens is 1. The highest BCUT2D eigenvalue weighted by Gasteiger charge is 2.15. The van der Waals surface area contributed by atoms with Crippen molar-refractivity contribution >= 4 is 78.7 Å². The summed E-state index contributed by atoms with van der Waals surface area (Å²) < 4.78 is 72.2. The van der Waals surface area contributed by atoms with Gasteiger partial charge >= 0.3 is 20.8 Å². The lowest BCUT2D eigenvalue weighted by molar-refractivity contribution is -0.114. The minimum Gasteiger partial charge on any atom is -0.361 e. The van der Waals surface area contributed by atoms with Gasteiger partial charge < -0.3 is 19.0 Å². The maximum Gasteiger partial charge on any atom is 0.446 e. The number of anilines is 2. The molecule has 4 N–H and O–H groups in total. The fourth-order valence-corrected chi connectivity index (χ4v) is 3.38. The van der Waals surface area contributed by atoms with E-state index in [4.69, 9.17) is 9.11 Å². The minimum absolute atomic E-state index is 0.113. The van der Waals surface area contributed by atoms with E-state index in [2.05, 4.69) is 19.0 Å². The number of benzene rings is 2. The molecule has 0 spiro atoms. The van der Waals surface area contributed by atoms with Crippen molar-refractivity contribution in [2.24, 2.45) is 0 Å². The molecule has 0 bridgehead atoms. The Morgan fingerprint density at radius 3 is 1.67 bits per heavy atom. The Labute approximate surface area is 203 Å². The summed E-state index contributed by atoms with van der Waals surface area (Å²) in [6, 6.07) is 7.90. The third kappa shape index (κ3) is 9.34. The smallest absolute Gasteiger partial charge is 0.361 e. The number of carbonyl (C=O) groups excluding carboxylic acids is 2. The van der Waals surface area contributed by atoms with E-state index in [1.807, 2.05) is 22.6 Å². The van der Waals surface area contributed by atoms with E-state index in [1.54, 1.807) is 0 Å². The Balaban J connectivity index is 2.49. The van der Waals surface area contributed by atoms with Gasteiger partial charge in [0.2, 0.25) is 11.8 Å². The first-order valence-corrected chi connectivity index (χ1v) is 12.9. The molecule has 33 heavy (non-hydrogen) atoms. The van der Waals surface area contributed by atoms with Crippen LogP contribution in [0.15, 0.2) is 36.4 Å². The highest BCUT2D eigenvalue weighted by molar-refractivity contribution is 14.1. The summed E-state index contributed by atoms with van der Waals surface area (Å²) in [6.45, 7) is 1.24. The van der Waals surface area contributed by atoms with Gasteiger partial charge in [0.1, 0.15) is 0 Å². The number of carbonyl (C=O) groups is 2. The van der Waals surface area contributed by atoms with E-state index in [0.717, 1.165) is 12.1 Å². The summed E-state index contributed by atoms with van der Waals surface area (Å²) in [5.41, 5.74) is 0.609. The van der Waals surface area contributed by atoms with Crippen LogP contribution in [0.25, 0.3) is 12.2 Å². The Kier molecular flexibility index (Phi) is 8.78. The summed E-state index contributed by atoms with van der Waals surface area (Å²) in [5.74, 6) is -1.48. The zero-order valence-electron chi connectivity index (χ0n) is 16.7. The monoisotopic (exact) mass is 612 g/mol. The van der Waals surface area contributed by atoms with Gasteiger partial charge in [0.25, 0.3) is 0 Å². The van der Waals surface area contributed by atoms with Crippen molar-refractivity contribution in [2.45, 2.75) is 6.92 Å². The topological polar surface area (TPSA) is 185 Å². The number of hydrogen-bond acceptors (Lipinski definition) is 8. The molecule has 0 aromatic heterocycles. The third-order valence-corrected chi connectivity index (χ3v) is 5.06. The van der Waals surface area contributed by atoms with Crippen molar-refractivity contribution in [1.82, 2.24) is 0 Å². The van der Waals surface area contributed by atoms with Crippen LogP contribution in [0.1, 0.15) is 18.1 Å². The molecular weight excluding hydrogens is 595 g/mol. The van der Waals surface area contributed by atoms with Gasteiger partial charge in [-0.15, -0.1) is 0 Å². The first kappa shape index (κ1) is 26.5. The van der Waals surface area contributed by atoms with Crippen molar-refractivity contribution in [1.29, 1.82) is 0 Å². The zero-order chi connectivity index (χ0) is 24.8. The molecule has 2 aromatic rings. The van der Waals surface area contributed by atoms with Crippen LogP contribution in [0, 0.1) is 0 Å². The van der Waals surface area contributed by atoms with E-state index in [-0.39, 0.29) is 44.3 Å². The van der Waals surface area contributed by atoms with Crippen molar-refractivity contribution in [3.63, 3.8) is 0 Å². The van der Waals surface area contributed by atoms with E-state index in [0.29, 0.717) is 0 Å². The van der Waals surface area contributed by atoms with Crippen molar-refractivity contribution in [2.75, 3.05) is 15.1 Å². The predicted molar refractivity (Wildman–Crippen MR) is 128 cm³/mol. The van der Waals surface area contributed by atoms with Gasteiger partial charge in [-0.3, -0.25) is 18.7 Å². The van der Waals surface area contributed by atoms with E-state index >= 15 is 0 Å². The molecule has 0 radical (unpaired) electrons. The molecule has 178 valence electrons. The van der Waals surface area contributed by atoms with Crippen LogP contribution < -0.4 is 19.0 Å². The van der Waals surface area contributed by atoms with Crippen molar-refractivity contribution < 1.29 is 43.9 Å². The molecule has 0 atom stereocenters. The van der Waals surface area contributed by atoms with Gasteiger partial charge in [-0.1, -0.05) is 34.7 Å². The Morgan fingerprint density at radius 2 is 1.30 bits per heavy atom. The fraction of sp³-hybridized carbons (Fsp3) is 0.111. The van der Waals surface area contributed by atoms with Crippen LogP contribution in [0.5, 0.6) is 11.5 Å². The molecule has 0 aliphatic rings. The molecule has 2 aromatic carbocycles. The van der Waals surface area contributed by atoms with Gasteiger partial charge in [0.05, 0.1) is 4.43 Å². The standard InChI is InChI=1S/C18H17IN2O10S2/c1-11(22)20-14-6-4-12(16(8-14)30-32(24,25)26)2-3-13-5-7-15(21-18(23)10-19)9-17(13)31-33(27,28)29/h2-9H,10H2,1H3,(H,20,22)(H,21,23)(H,24,25,26)(H,27,28,29)/b3-2+. The Hall–Kier alpha value is -2.73. The lowest BCUT2D eigenvalue weighted by atomic mass is 10.1. The highest BCUT2D eigenvalue weighted by atomic mass is 127. The van der Waals surface area contributed by atoms with Gasteiger partial charge in [0, 0.05) is 41.6 Å². The van der Waals surface area contributed by atoms with Crippen molar-refractivity contribution in [3.8, 4) is 11.5 Å². The quantitative estimate of drug-likeness (QED) is 0.142. The van der Waals surface area contributed by atoms with E-state index in [1.165, 1.54) is 43.3 Å². The summed E-state index contributed by atoms with van der Waals surface area (Å²) in [7, 11) is -9.81. The van der Waals surface area contributed by atoms with Crippen LogP contribution in [-0.4, -0.2) is 42.2 Å². The largest absolute Gasteiger partial charge is 0.446 e. The zero-order valence-corrected chi connectivity index (χ0v) is 20.5. The van der Waals surface area contributed by atoms with Gasteiger partial charge in [-0.05, 0) is 24.3 Å². The normalized spacial score (nSPS) is 11.8. The van der Waals surface area contributed by atoms with E-state index in [9.17, 15) is 26.4 Å². The van der Waals surface area contributed by atoms with Crippen LogP contribution in [-0.2, 0) is 30.4 Å². The molecule has 15 heteroatoms. The van der Waals surface area contributed by atoms with Crippen LogP contribution >= 0.6 is 22.6 Å². The molecule has 0 saturated carbocycles. The molecule has 0 saturated heterocycles. The molecule has 0 heterocycles. The second kappa shape index (κ2) is 10.9. The van der Waals surface area contributed by atoms with Gasteiger partial charge in [-0.2, -0.15) is 16.8 Å². The Bertz CT molecular complexity index is 1310. The average molecular weight is 612 g/mol. The first-order chi connectivity index (χ1) is 15.3. The average Bonchev–Trinajstić information content (AvgIpc) is 2.65. The number of amides is 2. The molecule has 0 fully saturated rings. The summed E-state index contributed by atoms with van der Waals surface area (Å²) >= 11 is 1.83. The third-order valence-electron chi connectivity index (χ3n) is 3.59. The number of rotatable bonds is 9. The molecule has 0 aliphatic heterocycles.